The molecule has 0 radical (unpaired) electrons. The molecule has 7 heteroatoms. The smallest absolute Gasteiger partial charge is 0.239 e. The van der Waals surface area contributed by atoms with Gasteiger partial charge in [-0.1, -0.05) is 18.2 Å². The highest BCUT2D eigenvalue weighted by Gasteiger charge is 2.40. The number of amides is 1. The number of carbonyl (C=O) groups excluding carboxylic acids is 1. The summed E-state index contributed by atoms with van der Waals surface area (Å²) in [6.07, 6.45) is 1.38. The molecule has 7 nitrogen and oxygen atoms in total. The van der Waals surface area contributed by atoms with E-state index < -0.39 is 5.92 Å². The maximum Gasteiger partial charge on any atom is 0.239 e. The van der Waals surface area contributed by atoms with Crippen LogP contribution in [0.3, 0.4) is 0 Å². The van der Waals surface area contributed by atoms with E-state index in [-0.39, 0.29) is 11.7 Å². The fourth-order valence-corrected chi connectivity index (χ4v) is 4.01. The van der Waals surface area contributed by atoms with Gasteiger partial charge in [0.15, 0.2) is 11.5 Å². The minimum Gasteiger partial charge on any atom is -0.506 e. The minimum atomic E-state index is -0.524. The highest BCUT2D eigenvalue weighted by atomic mass is 16.6. The van der Waals surface area contributed by atoms with Crippen LogP contribution in [0, 0.1) is 0 Å². The molecule has 30 heavy (non-hydrogen) atoms. The van der Waals surface area contributed by atoms with Crippen molar-refractivity contribution in [3.8, 4) is 23.0 Å². The van der Waals surface area contributed by atoms with E-state index in [9.17, 15) is 9.90 Å². The fourth-order valence-electron chi connectivity index (χ4n) is 4.01. The zero-order chi connectivity index (χ0) is 20.7. The normalized spacial score (nSPS) is 17.0. The molecule has 0 saturated carbocycles. The molecule has 2 aliphatic heterocycles. The number of aromatic hydroxyl groups is 1. The Balaban J connectivity index is 1.58. The molecule has 1 N–H and O–H groups in total. The van der Waals surface area contributed by atoms with Crippen molar-refractivity contribution < 1.29 is 24.1 Å². The van der Waals surface area contributed by atoms with E-state index >= 15 is 0 Å². The van der Waals surface area contributed by atoms with E-state index in [1.54, 1.807) is 30.2 Å². The number of ether oxygens (including phenoxy) is 3. The monoisotopic (exact) mass is 404 g/mol. The molecule has 1 atom stereocenters. The van der Waals surface area contributed by atoms with Crippen LogP contribution in [0.25, 0.3) is 0 Å². The lowest BCUT2D eigenvalue weighted by atomic mass is 9.91. The number of para-hydroxylation sites is 1. The molecule has 5 rings (SSSR count). The lowest BCUT2D eigenvalue weighted by Crippen LogP contribution is -2.29. The number of methoxy groups -OCH3 is 1. The van der Waals surface area contributed by atoms with E-state index in [2.05, 4.69) is 4.98 Å². The van der Waals surface area contributed by atoms with Crippen LogP contribution in [-0.2, 0) is 11.3 Å². The molecule has 1 unspecified atom stereocenters. The number of aromatic nitrogens is 1. The molecule has 2 aromatic carbocycles. The van der Waals surface area contributed by atoms with E-state index in [0.29, 0.717) is 42.7 Å². The summed E-state index contributed by atoms with van der Waals surface area (Å²) in [6, 6.07) is 14.6. The first-order chi connectivity index (χ1) is 14.7. The second-order valence-corrected chi connectivity index (χ2v) is 7.16. The lowest BCUT2D eigenvalue weighted by Gasteiger charge is -2.23. The Morgan fingerprint density at radius 1 is 1.10 bits per heavy atom. The van der Waals surface area contributed by atoms with Crippen molar-refractivity contribution in [3.63, 3.8) is 0 Å². The quantitative estimate of drug-likeness (QED) is 0.719. The van der Waals surface area contributed by atoms with Crippen molar-refractivity contribution in [1.29, 1.82) is 0 Å². The second kappa shape index (κ2) is 7.26. The van der Waals surface area contributed by atoms with Crippen LogP contribution in [0.1, 0.15) is 22.7 Å². The van der Waals surface area contributed by atoms with Gasteiger partial charge in [-0.25, -0.2) is 0 Å². The third kappa shape index (κ3) is 2.99. The Morgan fingerprint density at radius 2 is 1.87 bits per heavy atom. The topological polar surface area (TPSA) is 81.1 Å². The maximum absolute atomic E-state index is 13.6. The minimum absolute atomic E-state index is 0.0685. The van der Waals surface area contributed by atoms with Crippen molar-refractivity contribution in [2.75, 3.05) is 25.2 Å². The molecular formula is C23H20N2O5. The van der Waals surface area contributed by atoms with Crippen LogP contribution in [0.5, 0.6) is 23.0 Å². The van der Waals surface area contributed by atoms with Gasteiger partial charge in [0.2, 0.25) is 5.91 Å². The number of hydrogen-bond donors (Lipinski definition) is 1. The molecule has 3 heterocycles. The second-order valence-electron chi connectivity index (χ2n) is 7.16. The maximum atomic E-state index is 13.6. The predicted molar refractivity (Wildman–Crippen MR) is 109 cm³/mol. The van der Waals surface area contributed by atoms with Gasteiger partial charge in [0.25, 0.3) is 0 Å². The van der Waals surface area contributed by atoms with Crippen molar-refractivity contribution >= 4 is 11.6 Å². The van der Waals surface area contributed by atoms with Crippen LogP contribution in [0.15, 0.2) is 54.7 Å². The average Bonchev–Trinajstić information content (AvgIpc) is 3.05. The molecule has 0 fully saturated rings. The Bertz CT molecular complexity index is 1110. The van der Waals surface area contributed by atoms with Crippen LogP contribution in [0.2, 0.25) is 0 Å². The Kier molecular flexibility index (Phi) is 4.43. The molecule has 1 aromatic heterocycles. The van der Waals surface area contributed by atoms with Crippen molar-refractivity contribution in [3.05, 3.63) is 71.5 Å². The molecule has 3 aromatic rings. The molecular weight excluding hydrogens is 384 g/mol. The average molecular weight is 404 g/mol. The zero-order valence-electron chi connectivity index (χ0n) is 16.4. The van der Waals surface area contributed by atoms with Gasteiger partial charge in [0.05, 0.1) is 31.5 Å². The summed E-state index contributed by atoms with van der Waals surface area (Å²) in [6.45, 7) is 1.25. The van der Waals surface area contributed by atoms with E-state index in [4.69, 9.17) is 14.2 Å². The summed E-state index contributed by atoms with van der Waals surface area (Å²) in [5, 5.41) is 9.49. The Hall–Kier alpha value is -3.74. The van der Waals surface area contributed by atoms with Crippen LogP contribution in [-0.4, -0.2) is 36.3 Å². The molecule has 0 bridgehead atoms. The van der Waals surface area contributed by atoms with Crippen LogP contribution < -0.4 is 19.1 Å². The Morgan fingerprint density at radius 3 is 2.60 bits per heavy atom. The molecule has 2 aliphatic rings. The number of fused-ring (bicyclic) bond motifs is 2. The van der Waals surface area contributed by atoms with Gasteiger partial charge in [-0.05, 0) is 29.8 Å². The summed E-state index contributed by atoms with van der Waals surface area (Å²) in [7, 11) is 1.58. The molecule has 1 amide bonds. The molecule has 0 aliphatic carbocycles. The molecule has 0 spiro atoms. The van der Waals surface area contributed by atoms with Gasteiger partial charge in [-0.3, -0.25) is 9.78 Å². The largest absolute Gasteiger partial charge is 0.506 e. The summed E-state index contributed by atoms with van der Waals surface area (Å²) in [4.78, 5) is 19.5. The van der Waals surface area contributed by atoms with E-state index in [1.165, 1.54) is 6.20 Å². The zero-order valence-corrected chi connectivity index (χ0v) is 16.4. The van der Waals surface area contributed by atoms with Gasteiger partial charge in [-0.2, -0.15) is 0 Å². The standard InChI is InChI=1S/C23H20N2O5/c1-28-19-11-21-20(29-8-9-30-21)10-17(19)22-16-4-2-3-5-18(16)25(23(22)27)13-14-6-7-15(26)12-24-14/h2-7,10-12,22,26H,8-9,13H2,1H3. The molecule has 152 valence electrons. The first-order valence-electron chi connectivity index (χ1n) is 9.67. The van der Waals surface area contributed by atoms with E-state index in [1.807, 2.05) is 30.3 Å². The number of hydrogen-bond acceptors (Lipinski definition) is 6. The molecule has 0 saturated heterocycles. The summed E-state index contributed by atoms with van der Waals surface area (Å²) >= 11 is 0. The lowest BCUT2D eigenvalue weighted by molar-refractivity contribution is -0.118. The third-order valence-electron chi connectivity index (χ3n) is 5.39. The summed E-state index contributed by atoms with van der Waals surface area (Å²) in [5.74, 6) is 1.31. The van der Waals surface area contributed by atoms with E-state index in [0.717, 1.165) is 16.8 Å². The highest BCUT2D eigenvalue weighted by molar-refractivity contribution is 6.07. The SMILES string of the molecule is COc1cc2c(cc1C1C(=O)N(Cc3ccc(O)cn3)c3ccccc31)OCCO2. The van der Waals surface area contributed by atoms with Crippen LogP contribution in [0.4, 0.5) is 5.69 Å². The summed E-state index contributed by atoms with van der Waals surface area (Å²) < 4.78 is 17.0. The number of anilines is 1. The first-order valence-corrected chi connectivity index (χ1v) is 9.67. The first kappa shape index (κ1) is 18.3. The predicted octanol–water partition coefficient (Wildman–Crippen LogP) is 3.25. The van der Waals surface area contributed by atoms with Crippen molar-refractivity contribution in [1.82, 2.24) is 4.98 Å². The van der Waals surface area contributed by atoms with Gasteiger partial charge in [0.1, 0.15) is 24.7 Å². The highest BCUT2D eigenvalue weighted by Crippen LogP contribution is 2.47. The van der Waals surface area contributed by atoms with Gasteiger partial charge >= 0.3 is 0 Å². The third-order valence-corrected chi connectivity index (χ3v) is 5.39. The number of rotatable bonds is 4. The number of carbonyl (C=O) groups is 1. The Labute approximate surface area is 173 Å². The van der Waals surface area contributed by atoms with Gasteiger partial charge in [0, 0.05) is 17.3 Å². The number of pyridine rings is 1. The van der Waals surface area contributed by atoms with Gasteiger partial charge < -0.3 is 24.2 Å². The number of nitrogens with zero attached hydrogens (tertiary/aromatic N) is 2. The summed E-state index contributed by atoms with van der Waals surface area (Å²) in [5.41, 5.74) is 3.15. The number of benzene rings is 2. The van der Waals surface area contributed by atoms with Crippen molar-refractivity contribution in [2.45, 2.75) is 12.5 Å². The van der Waals surface area contributed by atoms with Gasteiger partial charge in [-0.15, -0.1) is 0 Å². The fraction of sp³-hybridized carbons (Fsp3) is 0.217. The van der Waals surface area contributed by atoms with Crippen molar-refractivity contribution in [2.24, 2.45) is 0 Å². The van der Waals surface area contributed by atoms with Crippen LogP contribution >= 0.6 is 0 Å².